The molecule has 2 atom stereocenters. The van der Waals surface area contributed by atoms with Crippen LogP contribution >= 0.6 is 0 Å². The second-order valence-electron chi connectivity index (χ2n) is 3.48. The van der Waals surface area contributed by atoms with Crippen molar-refractivity contribution in [2.75, 3.05) is 7.11 Å². The molecule has 0 spiro atoms. The van der Waals surface area contributed by atoms with E-state index in [0.717, 1.165) is 0 Å². The van der Waals surface area contributed by atoms with Crippen LogP contribution < -0.4 is 4.74 Å². The van der Waals surface area contributed by atoms with Crippen LogP contribution in [0.15, 0.2) is 18.2 Å². The maximum atomic E-state index is 13.4. The topological polar surface area (TPSA) is 53.2 Å². The number of methoxy groups -OCH3 is 1. The molecule has 0 saturated heterocycles. The van der Waals surface area contributed by atoms with Gasteiger partial charge in [-0.25, -0.2) is 4.39 Å². The molecule has 0 heterocycles. The number of aliphatic hydroxyl groups excluding tert-OH is 1. The Morgan fingerprint density at radius 1 is 1.56 bits per heavy atom. The summed E-state index contributed by atoms with van der Waals surface area (Å²) >= 11 is 0. The van der Waals surface area contributed by atoms with Gasteiger partial charge in [-0.1, -0.05) is 13.0 Å². The zero-order valence-electron chi connectivity index (χ0n) is 9.27. The highest BCUT2D eigenvalue weighted by atomic mass is 19.1. The third-order valence-electron chi connectivity index (χ3n) is 2.50. The monoisotopic (exact) mass is 223 g/mol. The van der Waals surface area contributed by atoms with E-state index in [4.69, 9.17) is 10.00 Å². The minimum atomic E-state index is -0.963. The summed E-state index contributed by atoms with van der Waals surface area (Å²) < 4.78 is 18.1. The van der Waals surface area contributed by atoms with Crippen LogP contribution in [0.5, 0.6) is 5.75 Å². The number of ether oxygens (including phenoxy) is 1. The lowest BCUT2D eigenvalue weighted by Gasteiger charge is -2.15. The van der Waals surface area contributed by atoms with Gasteiger partial charge in [-0.15, -0.1) is 0 Å². The molecule has 2 unspecified atom stereocenters. The fraction of sp³-hybridized carbons (Fsp3) is 0.417. The van der Waals surface area contributed by atoms with Gasteiger partial charge in [0.1, 0.15) is 0 Å². The van der Waals surface area contributed by atoms with Gasteiger partial charge >= 0.3 is 0 Å². The second-order valence-corrected chi connectivity index (χ2v) is 3.48. The summed E-state index contributed by atoms with van der Waals surface area (Å²) in [6, 6.07) is 6.20. The number of halogens is 1. The number of aliphatic hydroxyl groups is 1. The van der Waals surface area contributed by atoms with E-state index in [0.29, 0.717) is 12.0 Å². The zero-order chi connectivity index (χ0) is 12.1. The maximum absolute atomic E-state index is 13.4. The van der Waals surface area contributed by atoms with Crippen LogP contribution in [-0.4, -0.2) is 12.2 Å². The van der Waals surface area contributed by atoms with E-state index in [1.54, 1.807) is 13.0 Å². The predicted molar refractivity (Wildman–Crippen MR) is 57.3 cm³/mol. The molecule has 0 bridgehead atoms. The highest BCUT2D eigenvalue weighted by Crippen LogP contribution is 2.27. The van der Waals surface area contributed by atoms with Gasteiger partial charge in [0.2, 0.25) is 0 Å². The fourth-order valence-corrected chi connectivity index (χ4v) is 1.48. The predicted octanol–water partition coefficient (Wildman–Crippen LogP) is 2.42. The van der Waals surface area contributed by atoms with Crippen molar-refractivity contribution in [3.63, 3.8) is 0 Å². The number of nitriles is 1. The average molecular weight is 223 g/mol. The Balaban J connectivity index is 2.97. The van der Waals surface area contributed by atoms with Gasteiger partial charge in [0.25, 0.3) is 0 Å². The number of benzene rings is 1. The van der Waals surface area contributed by atoms with Gasteiger partial charge in [0, 0.05) is 0 Å². The first kappa shape index (κ1) is 12.5. The van der Waals surface area contributed by atoms with Gasteiger partial charge in [-0.3, -0.25) is 0 Å². The van der Waals surface area contributed by atoms with E-state index in [-0.39, 0.29) is 5.75 Å². The number of nitrogens with zero attached hydrogens (tertiary/aromatic N) is 1. The first-order valence-corrected chi connectivity index (χ1v) is 5.05. The van der Waals surface area contributed by atoms with E-state index in [9.17, 15) is 9.50 Å². The quantitative estimate of drug-likeness (QED) is 0.852. The normalized spacial score (nSPS) is 13.9. The molecule has 4 heteroatoms. The van der Waals surface area contributed by atoms with E-state index >= 15 is 0 Å². The summed E-state index contributed by atoms with van der Waals surface area (Å²) in [5.74, 6) is -0.930. The van der Waals surface area contributed by atoms with Gasteiger partial charge in [0.15, 0.2) is 11.6 Å². The largest absolute Gasteiger partial charge is 0.494 e. The molecular formula is C12H14FNO2. The van der Waals surface area contributed by atoms with Gasteiger partial charge in [-0.2, -0.15) is 5.26 Å². The van der Waals surface area contributed by atoms with Crippen molar-refractivity contribution in [1.82, 2.24) is 0 Å². The van der Waals surface area contributed by atoms with Crippen molar-refractivity contribution in [3.8, 4) is 11.8 Å². The Morgan fingerprint density at radius 2 is 2.25 bits per heavy atom. The lowest BCUT2D eigenvalue weighted by molar-refractivity contribution is 0.132. The Kier molecular flexibility index (Phi) is 4.27. The van der Waals surface area contributed by atoms with E-state index in [1.165, 1.54) is 19.2 Å². The SMILES string of the molecule is CCC(C#N)C(O)c1ccc(OC)c(F)c1. The summed E-state index contributed by atoms with van der Waals surface area (Å²) in [6.07, 6.45) is -0.443. The van der Waals surface area contributed by atoms with Crippen LogP contribution in [0, 0.1) is 23.1 Å². The molecule has 0 aromatic heterocycles. The molecule has 0 aliphatic heterocycles. The van der Waals surface area contributed by atoms with Crippen LogP contribution in [0.2, 0.25) is 0 Å². The minimum absolute atomic E-state index is 0.126. The molecule has 1 N–H and O–H groups in total. The number of hydrogen-bond donors (Lipinski definition) is 1. The molecular weight excluding hydrogens is 209 g/mol. The van der Waals surface area contributed by atoms with Crippen molar-refractivity contribution in [2.24, 2.45) is 5.92 Å². The lowest BCUT2D eigenvalue weighted by Crippen LogP contribution is -2.10. The molecule has 1 aromatic carbocycles. The third-order valence-corrected chi connectivity index (χ3v) is 2.50. The molecule has 1 aromatic rings. The smallest absolute Gasteiger partial charge is 0.165 e. The summed E-state index contributed by atoms with van der Waals surface area (Å²) in [7, 11) is 1.37. The summed E-state index contributed by atoms with van der Waals surface area (Å²) in [4.78, 5) is 0. The second kappa shape index (κ2) is 5.47. The fourth-order valence-electron chi connectivity index (χ4n) is 1.48. The standard InChI is InChI=1S/C12H14FNO2/c1-3-8(7-14)12(15)9-4-5-11(16-2)10(13)6-9/h4-6,8,12,15H,3H2,1-2H3. The van der Waals surface area contributed by atoms with Crippen molar-refractivity contribution in [3.05, 3.63) is 29.6 Å². The number of hydrogen-bond acceptors (Lipinski definition) is 3. The third kappa shape index (κ3) is 2.50. The first-order valence-electron chi connectivity index (χ1n) is 5.05. The molecule has 0 aliphatic carbocycles. The van der Waals surface area contributed by atoms with Crippen LogP contribution in [-0.2, 0) is 0 Å². The molecule has 0 radical (unpaired) electrons. The Bertz CT molecular complexity index is 400. The Morgan fingerprint density at radius 3 is 2.69 bits per heavy atom. The van der Waals surface area contributed by atoms with Crippen LogP contribution in [0.3, 0.4) is 0 Å². The zero-order valence-corrected chi connectivity index (χ0v) is 9.27. The molecule has 0 saturated carbocycles. The van der Waals surface area contributed by atoms with Crippen LogP contribution in [0.4, 0.5) is 4.39 Å². The van der Waals surface area contributed by atoms with Crippen molar-refractivity contribution in [1.29, 1.82) is 5.26 Å². The Hall–Kier alpha value is -1.60. The lowest BCUT2D eigenvalue weighted by atomic mass is 9.95. The van der Waals surface area contributed by atoms with Gasteiger partial charge in [-0.05, 0) is 24.1 Å². The molecule has 0 amide bonds. The summed E-state index contributed by atoms with van der Waals surface area (Å²) in [5.41, 5.74) is 0.395. The molecule has 86 valence electrons. The van der Waals surface area contributed by atoms with E-state index in [2.05, 4.69) is 0 Å². The molecule has 0 fully saturated rings. The van der Waals surface area contributed by atoms with Gasteiger partial charge in [0.05, 0.1) is 25.2 Å². The van der Waals surface area contributed by atoms with Gasteiger partial charge < -0.3 is 9.84 Å². The molecule has 0 aliphatic rings. The highest BCUT2D eigenvalue weighted by Gasteiger charge is 2.19. The van der Waals surface area contributed by atoms with Crippen LogP contribution in [0.1, 0.15) is 25.0 Å². The minimum Gasteiger partial charge on any atom is -0.494 e. The van der Waals surface area contributed by atoms with Crippen molar-refractivity contribution in [2.45, 2.75) is 19.4 Å². The summed E-state index contributed by atoms with van der Waals surface area (Å²) in [5, 5.41) is 18.6. The maximum Gasteiger partial charge on any atom is 0.165 e. The van der Waals surface area contributed by atoms with Crippen molar-refractivity contribution >= 4 is 0 Å². The molecule has 1 rings (SSSR count). The summed E-state index contributed by atoms with van der Waals surface area (Å²) in [6.45, 7) is 1.80. The van der Waals surface area contributed by atoms with Crippen molar-refractivity contribution < 1.29 is 14.2 Å². The van der Waals surface area contributed by atoms with E-state index < -0.39 is 17.8 Å². The molecule has 3 nitrogen and oxygen atoms in total. The van der Waals surface area contributed by atoms with E-state index in [1.807, 2.05) is 6.07 Å². The first-order chi connectivity index (χ1) is 7.63. The van der Waals surface area contributed by atoms with Crippen LogP contribution in [0.25, 0.3) is 0 Å². The average Bonchev–Trinajstić information content (AvgIpc) is 2.30. The highest BCUT2D eigenvalue weighted by molar-refractivity contribution is 5.31. The molecule has 16 heavy (non-hydrogen) atoms. The Labute approximate surface area is 94.1 Å². The number of rotatable bonds is 4.